The summed E-state index contributed by atoms with van der Waals surface area (Å²) in [6, 6.07) is 0.277. The topological polar surface area (TPSA) is 34.9 Å². The molecule has 14 heavy (non-hydrogen) atoms. The van der Waals surface area contributed by atoms with Gasteiger partial charge in [0.15, 0.2) is 5.78 Å². The van der Waals surface area contributed by atoms with Crippen molar-refractivity contribution < 1.29 is 4.79 Å². The monoisotopic (exact) mass is 192 g/mol. The van der Waals surface area contributed by atoms with Crippen molar-refractivity contribution in [3.63, 3.8) is 0 Å². The van der Waals surface area contributed by atoms with Crippen LogP contribution in [0.5, 0.6) is 0 Å². The number of nitrogens with zero attached hydrogens (tertiary/aromatic N) is 2. The number of aromatic nitrogens is 2. The molecule has 0 aromatic carbocycles. The lowest BCUT2D eigenvalue weighted by Gasteiger charge is -2.14. The maximum Gasteiger partial charge on any atom is 0.181 e. The van der Waals surface area contributed by atoms with Crippen LogP contribution in [0.25, 0.3) is 0 Å². The Morgan fingerprint density at radius 1 is 1.36 bits per heavy atom. The molecule has 0 amide bonds. The molecule has 0 atom stereocenters. The smallest absolute Gasteiger partial charge is 0.181 e. The highest BCUT2D eigenvalue weighted by Crippen LogP contribution is 2.25. The van der Waals surface area contributed by atoms with Gasteiger partial charge in [-0.2, -0.15) is 5.10 Å². The lowest BCUT2D eigenvalue weighted by molar-refractivity contribution is 0.0959. The maximum atomic E-state index is 11.8. The SMILES string of the molecule is Cc1nn(C(C)C)c2c1CCCC2=O. The molecule has 1 aromatic heterocycles. The first-order chi connectivity index (χ1) is 6.61. The van der Waals surface area contributed by atoms with E-state index in [-0.39, 0.29) is 11.8 Å². The third kappa shape index (κ3) is 1.27. The Morgan fingerprint density at radius 3 is 2.71 bits per heavy atom. The van der Waals surface area contributed by atoms with Gasteiger partial charge in [0.2, 0.25) is 0 Å². The third-order valence-corrected chi connectivity index (χ3v) is 2.79. The van der Waals surface area contributed by atoms with Gasteiger partial charge in [-0.3, -0.25) is 9.48 Å². The standard InChI is InChI=1S/C11H16N2O/c1-7(2)13-11-9(8(3)12-13)5-4-6-10(11)14/h7H,4-6H2,1-3H3. The van der Waals surface area contributed by atoms with Crippen LogP contribution in [0.2, 0.25) is 0 Å². The molecule has 1 aliphatic rings. The van der Waals surface area contributed by atoms with Crippen LogP contribution in [0.4, 0.5) is 0 Å². The minimum Gasteiger partial charge on any atom is -0.292 e. The van der Waals surface area contributed by atoms with Crippen molar-refractivity contribution in [2.24, 2.45) is 0 Å². The summed E-state index contributed by atoms with van der Waals surface area (Å²) in [5, 5.41) is 4.44. The van der Waals surface area contributed by atoms with E-state index in [1.165, 1.54) is 5.56 Å². The van der Waals surface area contributed by atoms with E-state index >= 15 is 0 Å². The molecule has 76 valence electrons. The molecular weight excluding hydrogens is 176 g/mol. The molecule has 0 radical (unpaired) electrons. The van der Waals surface area contributed by atoms with E-state index < -0.39 is 0 Å². The minimum absolute atomic E-state index is 0.264. The van der Waals surface area contributed by atoms with Gasteiger partial charge in [0, 0.05) is 18.0 Å². The second-order valence-electron chi connectivity index (χ2n) is 4.23. The first-order valence-corrected chi connectivity index (χ1v) is 5.22. The van der Waals surface area contributed by atoms with Crippen molar-refractivity contribution in [2.75, 3.05) is 0 Å². The number of hydrogen-bond acceptors (Lipinski definition) is 2. The Morgan fingerprint density at radius 2 is 2.07 bits per heavy atom. The average molecular weight is 192 g/mol. The Labute approximate surface area is 84.1 Å². The normalized spacial score (nSPS) is 16.1. The van der Waals surface area contributed by atoms with Crippen LogP contribution in [-0.4, -0.2) is 15.6 Å². The van der Waals surface area contributed by atoms with Crippen LogP contribution in [0.1, 0.15) is 54.5 Å². The molecule has 2 rings (SSSR count). The zero-order valence-electron chi connectivity index (χ0n) is 9.00. The molecule has 1 heterocycles. The van der Waals surface area contributed by atoms with Gasteiger partial charge in [0.1, 0.15) is 5.69 Å². The van der Waals surface area contributed by atoms with Crippen LogP contribution in [0.3, 0.4) is 0 Å². The number of ketones is 1. The fourth-order valence-electron chi connectivity index (χ4n) is 2.09. The summed E-state index contributed by atoms with van der Waals surface area (Å²) >= 11 is 0. The van der Waals surface area contributed by atoms with Crippen LogP contribution < -0.4 is 0 Å². The average Bonchev–Trinajstić information content (AvgIpc) is 2.46. The molecule has 0 N–H and O–H groups in total. The fraction of sp³-hybridized carbons (Fsp3) is 0.636. The quantitative estimate of drug-likeness (QED) is 0.684. The van der Waals surface area contributed by atoms with E-state index in [2.05, 4.69) is 18.9 Å². The molecule has 0 bridgehead atoms. The highest BCUT2D eigenvalue weighted by atomic mass is 16.1. The second kappa shape index (κ2) is 3.23. The molecule has 0 spiro atoms. The molecule has 0 saturated carbocycles. The zero-order valence-corrected chi connectivity index (χ0v) is 9.00. The van der Waals surface area contributed by atoms with Crippen LogP contribution in [0.15, 0.2) is 0 Å². The number of Topliss-reactive ketones (excluding diaryl/α,β-unsaturated/α-hetero) is 1. The van der Waals surface area contributed by atoms with E-state index in [4.69, 9.17) is 0 Å². The number of carbonyl (C=O) groups excluding carboxylic acids is 1. The molecule has 1 aromatic rings. The van der Waals surface area contributed by atoms with Gasteiger partial charge in [-0.25, -0.2) is 0 Å². The molecule has 0 aliphatic heterocycles. The summed E-state index contributed by atoms with van der Waals surface area (Å²) in [5.74, 6) is 0.264. The molecule has 1 aliphatic carbocycles. The number of aryl methyl sites for hydroxylation is 1. The Balaban J connectivity index is 2.59. The number of carbonyl (C=O) groups is 1. The largest absolute Gasteiger partial charge is 0.292 e. The van der Waals surface area contributed by atoms with Gasteiger partial charge in [0.25, 0.3) is 0 Å². The van der Waals surface area contributed by atoms with Crippen molar-refractivity contribution >= 4 is 5.78 Å². The van der Waals surface area contributed by atoms with Gasteiger partial charge >= 0.3 is 0 Å². The predicted octanol–water partition coefficient (Wildman–Crippen LogP) is 2.29. The van der Waals surface area contributed by atoms with Crippen molar-refractivity contribution in [2.45, 2.75) is 46.1 Å². The zero-order chi connectivity index (χ0) is 10.3. The Bertz CT molecular complexity index is 377. The van der Waals surface area contributed by atoms with Crippen LogP contribution in [0, 0.1) is 6.92 Å². The van der Waals surface area contributed by atoms with Gasteiger partial charge in [-0.1, -0.05) is 0 Å². The van der Waals surface area contributed by atoms with E-state index in [0.29, 0.717) is 6.42 Å². The number of rotatable bonds is 1. The minimum atomic E-state index is 0.264. The van der Waals surface area contributed by atoms with E-state index in [1.807, 2.05) is 11.6 Å². The van der Waals surface area contributed by atoms with E-state index in [9.17, 15) is 4.79 Å². The van der Waals surface area contributed by atoms with Crippen molar-refractivity contribution in [1.82, 2.24) is 9.78 Å². The summed E-state index contributed by atoms with van der Waals surface area (Å²) in [6.07, 6.45) is 2.68. The lowest BCUT2D eigenvalue weighted by atomic mass is 9.95. The maximum absolute atomic E-state index is 11.8. The number of fused-ring (bicyclic) bond motifs is 1. The third-order valence-electron chi connectivity index (χ3n) is 2.79. The van der Waals surface area contributed by atoms with E-state index in [0.717, 1.165) is 24.2 Å². The van der Waals surface area contributed by atoms with Crippen molar-refractivity contribution in [3.8, 4) is 0 Å². The summed E-state index contributed by atoms with van der Waals surface area (Å²) in [5.41, 5.74) is 3.07. The van der Waals surface area contributed by atoms with Crippen molar-refractivity contribution in [3.05, 3.63) is 17.0 Å². The Hall–Kier alpha value is -1.12. The van der Waals surface area contributed by atoms with Crippen molar-refractivity contribution in [1.29, 1.82) is 0 Å². The lowest BCUT2D eigenvalue weighted by Crippen LogP contribution is -2.17. The summed E-state index contributed by atoms with van der Waals surface area (Å²) in [7, 11) is 0. The summed E-state index contributed by atoms with van der Waals surface area (Å²) in [6.45, 7) is 6.12. The van der Waals surface area contributed by atoms with Gasteiger partial charge < -0.3 is 0 Å². The van der Waals surface area contributed by atoms with E-state index in [1.54, 1.807) is 0 Å². The molecule has 3 heteroatoms. The highest BCUT2D eigenvalue weighted by molar-refractivity contribution is 5.97. The van der Waals surface area contributed by atoms with Crippen LogP contribution in [-0.2, 0) is 6.42 Å². The first-order valence-electron chi connectivity index (χ1n) is 5.22. The van der Waals surface area contributed by atoms with Gasteiger partial charge in [-0.05, 0) is 33.6 Å². The summed E-state index contributed by atoms with van der Waals surface area (Å²) < 4.78 is 1.88. The van der Waals surface area contributed by atoms with Gasteiger partial charge in [-0.15, -0.1) is 0 Å². The van der Waals surface area contributed by atoms with Crippen LogP contribution >= 0.6 is 0 Å². The predicted molar refractivity (Wildman–Crippen MR) is 54.6 cm³/mol. The molecule has 3 nitrogen and oxygen atoms in total. The molecular formula is C11H16N2O. The molecule has 0 saturated heterocycles. The Kier molecular flexibility index (Phi) is 2.17. The van der Waals surface area contributed by atoms with Gasteiger partial charge in [0.05, 0.1) is 5.69 Å². The fourth-order valence-corrected chi connectivity index (χ4v) is 2.09. The second-order valence-corrected chi connectivity index (χ2v) is 4.23. The number of hydrogen-bond donors (Lipinski definition) is 0. The first kappa shape index (κ1) is 9.44. The highest BCUT2D eigenvalue weighted by Gasteiger charge is 2.25. The molecule has 0 fully saturated rings. The summed E-state index contributed by atoms with van der Waals surface area (Å²) in [4.78, 5) is 11.8. The molecule has 0 unspecified atom stereocenters.